The first-order chi connectivity index (χ1) is 14.8. The zero-order valence-corrected chi connectivity index (χ0v) is 19.5. The fraction of sp³-hybridized carbons (Fsp3) is 0.769. The SMILES string of the molecule is COC(=O)N(C)[C@H]1CC[C@@]2(C)[C@H](CC[C@H]3C4=CC[C@H](C5=CC(=O)OC5)[C@@]4(C)CC[C@@H]32)C1. The van der Waals surface area contributed by atoms with E-state index in [0.29, 0.717) is 35.8 Å². The van der Waals surface area contributed by atoms with Gasteiger partial charge in [-0.1, -0.05) is 25.5 Å². The number of fused-ring (bicyclic) bond motifs is 5. The van der Waals surface area contributed by atoms with Crippen molar-refractivity contribution in [1.82, 2.24) is 4.90 Å². The van der Waals surface area contributed by atoms with E-state index in [2.05, 4.69) is 19.9 Å². The van der Waals surface area contributed by atoms with Crippen molar-refractivity contribution in [1.29, 1.82) is 0 Å². The molecule has 5 heteroatoms. The Morgan fingerprint density at radius 1 is 1.19 bits per heavy atom. The van der Waals surface area contributed by atoms with Gasteiger partial charge in [0, 0.05) is 19.2 Å². The molecule has 0 unspecified atom stereocenters. The number of hydrogen-bond donors (Lipinski definition) is 0. The molecular weight excluding hydrogens is 390 g/mol. The molecule has 0 aromatic rings. The van der Waals surface area contributed by atoms with E-state index in [9.17, 15) is 9.59 Å². The normalized spacial score (nSPS) is 43.7. The lowest BCUT2D eigenvalue weighted by Crippen LogP contribution is -2.54. The van der Waals surface area contributed by atoms with Gasteiger partial charge in [-0.25, -0.2) is 9.59 Å². The van der Waals surface area contributed by atoms with E-state index >= 15 is 0 Å². The zero-order chi connectivity index (χ0) is 22.0. The van der Waals surface area contributed by atoms with Gasteiger partial charge in [0.05, 0.1) is 7.11 Å². The number of carbonyl (C=O) groups is 2. The van der Waals surface area contributed by atoms with Crippen molar-refractivity contribution in [3.8, 4) is 0 Å². The van der Waals surface area contributed by atoms with E-state index in [1.807, 2.05) is 11.9 Å². The van der Waals surface area contributed by atoms with Crippen LogP contribution < -0.4 is 0 Å². The molecule has 170 valence electrons. The molecule has 7 atom stereocenters. The molecule has 5 aliphatic rings. The van der Waals surface area contributed by atoms with Gasteiger partial charge in [-0.15, -0.1) is 0 Å². The number of amides is 1. The van der Waals surface area contributed by atoms with Crippen molar-refractivity contribution < 1.29 is 19.1 Å². The first-order valence-corrected chi connectivity index (χ1v) is 12.2. The van der Waals surface area contributed by atoms with Crippen LogP contribution in [0.1, 0.15) is 65.2 Å². The summed E-state index contributed by atoms with van der Waals surface area (Å²) in [5.74, 6) is 2.38. The Morgan fingerprint density at radius 3 is 2.71 bits per heavy atom. The molecule has 0 aromatic carbocycles. The van der Waals surface area contributed by atoms with Crippen molar-refractivity contribution in [2.24, 2.45) is 34.5 Å². The maximum Gasteiger partial charge on any atom is 0.409 e. The molecule has 3 saturated carbocycles. The van der Waals surface area contributed by atoms with Crippen LogP contribution in [-0.4, -0.2) is 43.8 Å². The first-order valence-electron chi connectivity index (χ1n) is 12.2. The lowest BCUT2D eigenvalue weighted by Gasteiger charge is -2.60. The third-order valence-corrected chi connectivity index (χ3v) is 10.2. The Labute approximate surface area is 186 Å². The Bertz CT molecular complexity index is 846. The second-order valence-corrected chi connectivity index (χ2v) is 11.2. The first kappa shape index (κ1) is 21.1. The minimum Gasteiger partial charge on any atom is -0.458 e. The molecule has 0 N–H and O–H groups in total. The van der Waals surface area contributed by atoms with Gasteiger partial charge in [-0.3, -0.25) is 0 Å². The van der Waals surface area contributed by atoms with Gasteiger partial charge in [0.1, 0.15) is 6.61 Å². The number of hydrogen-bond acceptors (Lipinski definition) is 4. The number of cyclic esters (lactones) is 1. The van der Waals surface area contributed by atoms with Crippen LogP contribution in [0.2, 0.25) is 0 Å². The van der Waals surface area contributed by atoms with Crippen molar-refractivity contribution in [2.45, 2.75) is 71.3 Å². The number of rotatable bonds is 2. The summed E-state index contributed by atoms with van der Waals surface area (Å²) in [7, 11) is 3.37. The monoisotopic (exact) mass is 427 g/mol. The molecule has 5 rings (SSSR count). The van der Waals surface area contributed by atoms with Crippen LogP contribution in [-0.2, 0) is 14.3 Å². The van der Waals surface area contributed by atoms with Crippen molar-refractivity contribution in [3.63, 3.8) is 0 Å². The zero-order valence-electron chi connectivity index (χ0n) is 19.5. The Morgan fingerprint density at radius 2 is 2.00 bits per heavy atom. The van der Waals surface area contributed by atoms with E-state index < -0.39 is 0 Å². The van der Waals surface area contributed by atoms with Gasteiger partial charge in [-0.05, 0) is 91.4 Å². The number of esters is 1. The minimum absolute atomic E-state index is 0.164. The predicted molar refractivity (Wildman–Crippen MR) is 118 cm³/mol. The van der Waals surface area contributed by atoms with Gasteiger partial charge in [-0.2, -0.15) is 0 Å². The molecule has 1 amide bonds. The van der Waals surface area contributed by atoms with E-state index in [-0.39, 0.29) is 17.5 Å². The van der Waals surface area contributed by atoms with Crippen LogP contribution in [0, 0.1) is 34.5 Å². The maximum atomic E-state index is 12.1. The third kappa shape index (κ3) is 3.09. The number of ether oxygens (including phenoxy) is 2. The van der Waals surface area contributed by atoms with Crippen LogP contribution in [0.3, 0.4) is 0 Å². The van der Waals surface area contributed by atoms with Crippen molar-refractivity contribution >= 4 is 12.1 Å². The summed E-state index contributed by atoms with van der Waals surface area (Å²) in [6, 6.07) is 0.304. The lowest BCUT2D eigenvalue weighted by molar-refractivity contribution is -0.135. The van der Waals surface area contributed by atoms with E-state index in [0.717, 1.165) is 25.2 Å². The van der Waals surface area contributed by atoms with Crippen LogP contribution in [0.4, 0.5) is 4.79 Å². The molecule has 4 aliphatic carbocycles. The standard InChI is InChI=1S/C26H37NO4/c1-25-11-9-18(27(3)24(29)30-4)14-17(25)5-6-19-21-8-7-20(16-13-23(28)31-15-16)26(21,2)12-10-22(19)25/h8,13,17-20,22H,5-7,9-12,14-15H2,1-4H3/t17-,18+,19+,20-,22+,25+,26-/m1/s1. The average molecular weight is 428 g/mol. The van der Waals surface area contributed by atoms with E-state index in [4.69, 9.17) is 9.47 Å². The number of allylic oxidation sites excluding steroid dienone is 2. The van der Waals surface area contributed by atoms with E-state index in [1.165, 1.54) is 44.8 Å². The molecule has 0 spiro atoms. The van der Waals surface area contributed by atoms with Crippen LogP contribution in [0.5, 0.6) is 0 Å². The average Bonchev–Trinajstić information content (AvgIpc) is 3.34. The third-order valence-electron chi connectivity index (χ3n) is 10.2. The van der Waals surface area contributed by atoms with Gasteiger partial charge in [0.2, 0.25) is 0 Å². The van der Waals surface area contributed by atoms with Crippen LogP contribution in [0.15, 0.2) is 23.3 Å². The largest absolute Gasteiger partial charge is 0.458 e. The smallest absolute Gasteiger partial charge is 0.409 e. The summed E-state index contributed by atoms with van der Waals surface area (Å²) in [6.45, 7) is 5.49. The number of methoxy groups -OCH3 is 1. The molecule has 1 aliphatic heterocycles. The highest BCUT2D eigenvalue weighted by Gasteiger charge is 2.58. The quantitative estimate of drug-likeness (QED) is 0.454. The summed E-state index contributed by atoms with van der Waals surface area (Å²) in [4.78, 5) is 25.6. The molecule has 31 heavy (non-hydrogen) atoms. The molecule has 3 fully saturated rings. The Hall–Kier alpha value is -1.78. The molecule has 5 nitrogen and oxygen atoms in total. The maximum absolute atomic E-state index is 12.1. The van der Waals surface area contributed by atoms with Crippen molar-refractivity contribution in [2.75, 3.05) is 20.8 Å². The van der Waals surface area contributed by atoms with Crippen LogP contribution >= 0.6 is 0 Å². The number of carbonyl (C=O) groups excluding carboxylic acids is 2. The highest BCUT2D eigenvalue weighted by atomic mass is 16.5. The van der Waals surface area contributed by atoms with Crippen molar-refractivity contribution in [3.05, 3.63) is 23.3 Å². The summed E-state index contributed by atoms with van der Waals surface area (Å²) in [5.41, 5.74) is 3.44. The highest BCUT2D eigenvalue weighted by molar-refractivity contribution is 5.85. The molecule has 0 bridgehead atoms. The van der Waals surface area contributed by atoms with Gasteiger partial charge < -0.3 is 14.4 Å². The number of nitrogens with zero attached hydrogens (tertiary/aromatic N) is 1. The lowest BCUT2D eigenvalue weighted by atomic mass is 9.45. The summed E-state index contributed by atoms with van der Waals surface area (Å²) in [5, 5.41) is 0. The van der Waals surface area contributed by atoms with Crippen LogP contribution in [0.25, 0.3) is 0 Å². The molecule has 0 saturated heterocycles. The fourth-order valence-corrected chi connectivity index (χ4v) is 8.36. The Balaban J connectivity index is 1.35. The molecule has 1 heterocycles. The second kappa shape index (κ2) is 7.38. The fourth-order valence-electron chi connectivity index (χ4n) is 8.36. The minimum atomic E-state index is -0.207. The molecule has 0 radical (unpaired) electrons. The second-order valence-electron chi connectivity index (χ2n) is 11.2. The Kier molecular flexibility index (Phi) is 5.02. The van der Waals surface area contributed by atoms with Gasteiger partial charge in [0.25, 0.3) is 0 Å². The van der Waals surface area contributed by atoms with Gasteiger partial charge in [0.15, 0.2) is 0 Å². The molecule has 0 aromatic heterocycles. The van der Waals surface area contributed by atoms with Gasteiger partial charge >= 0.3 is 12.1 Å². The summed E-state index contributed by atoms with van der Waals surface area (Å²) < 4.78 is 10.2. The topological polar surface area (TPSA) is 55.8 Å². The molecular formula is C26H37NO4. The summed E-state index contributed by atoms with van der Waals surface area (Å²) >= 11 is 0. The van der Waals surface area contributed by atoms with E-state index in [1.54, 1.807) is 11.6 Å². The predicted octanol–water partition coefficient (Wildman–Crippen LogP) is 5.12. The highest BCUT2D eigenvalue weighted by Crippen LogP contribution is 2.66. The summed E-state index contributed by atoms with van der Waals surface area (Å²) in [6.07, 6.45) is 13.5.